The molecule has 0 unspecified atom stereocenters. The number of hydrogen-bond donors (Lipinski definition) is 0. The average molecular weight is 292 g/mol. The molecular formula is C10H12BrClN2O. The van der Waals surface area contributed by atoms with Gasteiger partial charge in [-0.15, -0.1) is 11.6 Å². The molecule has 0 spiro atoms. The lowest BCUT2D eigenvalue weighted by atomic mass is 10.4. The van der Waals surface area contributed by atoms with Crippen LogP contribution in [0.3, 0.4) is 0 Å². The lowest BCUT2D eigenvalue weighted by Gasteiger charge is -1.88. The number of aryl methyl sites for hydroxylation is 1. The molecule has 0 bridgehead atoms. The van der Waals surface area contributed by atoms with Gasteiger partial charge in [0, 0.05) is 18.8 Å². The van der Waals surface area contributed by atoms with Gasteiger partial charge in [-0.1, -0.05) is 6.92 Å². The molecule has 0 amide bonds. The van der Waals surface area contributed by atoms with Crippen molar-refractivity contribution >= 4 is 27.7 Å². The van der Waals surface area contributed by atoms with Crippen LogP contribution < -0.4 is 0 Å². The number of furan rings is 1. The number of nitrogens with zero attached hydrogens (tertiary/aromatic N) is 2. The van der Waals surface area contributed by atoms with Gasteiger partial charge in [-0.25, -0.2) is 4.98 Å². The van der Waals surface area contributed by atoms with Crippen LogP contribution in [0.4, 0.5) is 0 Å². The molecule has 0 radical (unpaired) electrons. The Morgan fingerprint density at radius 2 is 2.40 bits per heavy atom. The van der Waals surface area contributed by atoms with Gasteiger partial charge in [0.25, 0.3) is 0 Å². The van der Waals surface area contributed by atoms with Crippen LogP contribution >= 0.6 is 27.7 Å². The molecule has 0 fully saturated rings. The minimum atomic E-state index is 0.443. The van der Waals surface area contributed by atoms with Gasteiger partial charge in [0.1, 0.15) is 11.6 Å². The zero-order valence-electron chi connectivity index (χ0n) is 8.36. The van der Waals surface area contributed by atoms with E-state index in [2.05, 4.69) is 28.1 Å². The van der Waals surface area contributed by atoms with E-state index in [1.165, 1.54) is 0 Å². The number of rotatable bonds is 2. The fourth-order valence-electron chi connectivity index (χ4n) is 0.924. The van der Waals surface area contributed by atoms with Gasteiger partial charge < -0.3 is 4.42 Å². The standard InChI is InChI=1S/C6H8O.C4H4BrClN2/c1-2-6-4-3-5-7-6;5-8-2-1-7-4(8)3-6/h3-5H,2H2,1H3;1-2H,3H2. The lowest BCUT2D eigenvalue weighted by Crippen LogP contribution is -1.84. The fourth-order valence-corrected chi connectivity index (χ4v) is 1.59. The molecule has 15 heavy (non-hydrogen) atoms. The maximum Gasteiger partial charge on any atom is 0.133 e. The second kappa shape index (κ2) is 6.69. The Labute approximate surface area is 102 Å². The van der Waals surface area contributed by atoms with Crippen LogP contribution in [0, 0.1) is 0 Å². The molecule has 0 saturated carbocycles. The molecule has 0 N–H and O–H groups in total. The van der Waals surface area contributed by atoms with E-state index in [-0.39, 0.29) is 0 Å². The molecule has 0 atom stereocenters. The summed E-state index contributed by atoms with van der Waals surface area (Å²) in [6.45, 7) is 2.07. The molecule has 3 nitrogen and oxygen atoms in total. The highest BCUT2D eigenvalue weighted by Gasteiger charge is 1.93. The number of alkyl halides is 1. The van der Waals surface area contributed by atoms with E-state index >= 15 is 0 Å². The van der Waals surface area contributed by atoms with Crippen molar-refractivity contribution in [2.75, 3.05) is 0 Å². The van der Waals surface area contributed by atoms with E-state index in [0.717, 1.165) is 18.0 Å². The van der Waals surface area contributed by atoms with E-state index in [4.69, 9.17) is 16.0 Å². The highest BCUT2D eigenvalue weighted by atomic mass is 79.9. The molecule has 0 saturated heterocycles. The van der Waals surface area contributed by atoms with Crippen molar-refractivity contribution in [2.45, 2.75) is 19.2 Å². The zero-order chi connectivity index (χ0) is 11.1. The van der Waals surface area contributed by atoms with Crippen LogP contribution in [0.15, 0.2) is 35.2 Å². The third-order valence-corrected chi connectivity index (χ3v) is 2.60. The first kappa shape index (κ1) is 12.3. The Morgan fingerprint density at radius 3 is 2.67 bits per heavy atom. The molecule has 5 heteroatoms. The van der Waals surface area contributed by atoms with Gasteiger partial charge in [0.2, 0.25) is 0 Å². The second-order valence-electron chi connectivity index (χ2n) is 2.72. The average Bonchev–Trinajstić information content (AvgIpc) is 2.88. The van der Waals surface area contributed by atoms with Crippen LogP contribution in [0.1, 0.15) is 18.5 Å². The largest absolute Gasteiger partial charge is 0.469 e. The Kier molecular flexibility index (Phi) is 5.50. The molecule has 2 heterocycles. The maximum absolute atomic E-state index is 5.46. The van der Waals surface area contributed by atoms with Gasteiger partial charge in [0.15, 0.2) is 0 Å². The number of hydrogen-bond acceptors (Lipinski definition) is 2. The molecule has 2 aromatic rings. The van der Waals surface area contributed by atoms with E-state index in [0.29, 0.717) is 5.88 Å². The maximum atomic E-state index is 5.46. The minimum Gasteiger partial charge on any atom is -0.469 e. The van der Waals surface area contributed by atoms with E-state index in [1.54, 1.807) is 22.3 Å². The molecule has 0 aromatic carbocycles. The Balaban J connectivity index is 0.000000151. The first-order chi connectivity index (χ1) is 7.27. The molecular weight excluding hydrogens is 279 g/mol. The minimum absolute atomic E-state index is 0.443. The van der Waals surface area contributed by atoms with E-state index in [1.807, 2.05) is 12.1 Å². The third kappa shape index (κ3) is 4.10. The highest BCUT2D eigenvalue weighted by molar-refractivity contribution is 9.08. The molecule has 0 aliphatic carbocycles. The molecule has 2 rings (SSSR count). The predicted octanol–water partition coefficient (Wildman–Crippen LogP) is 3.62. The lowest BCUT2D eigenvalue weighted by molar-refractivity contribution is 0.516. The summed E-state index contributed by atoms with van der Waals surface area (Å²) in [6, 6.07) is 3.87. The van der Waals surface area contributed by atoms with Crippen LogP contribution in [0.25, 0.3) is 0 Å². The molecule has 0 aliphatic rings. The Hall–Kier alpha value is -0.740. The summed E-state index contributed by atoms with van der Waals surface area (Å²) in [5.74, 6) is 2.32. The van der Waals surface area contributed by atoms with E-state index < -0.39 is 0 Å². The first-order valence-electron chi connectivity index (χ1n) is 4.54. The smallest absolute Gasteiger partial charge is 0.133 e. The summed E-state index contributed by atoms with van der Waals surface area (Å²) in [7, 11) is 0. The number of aromatic nitrogens is 2. The van der Waals surface area contributed by atoms with Crippen molar-refractivity contribution in [1.82, 2.24) is 8.58 Å². The van der Waals surface area contributed by atoms with Gasteiger partial charge in [0.05, 0.1) is 28.3 Å². The highest BCUT2D eigenvalue weighted by Crippen LogP contribution is 2.03. The van der Waals surface area contributed by atoms with Crippen molar-refractivity contribution in [3.8, 4) is 0 Å². The number of halogens is 2. The van der Waals surface area contributed by atoms with Crippen molar-refractivity contribution in [2.24, 2.45) is 0 Å². The third-order valence-electron chi connectivity index (χ3n) is 1.72. The van der Waals surface area contributed by atoms with Crippen LogP contribution in [0.5, 0.6) is 0 Å². The molecule has 0 aliphatic heterocycles. The fraction of sp³-hybridized carbons (Fsp3) is 0.300. The van der Waals surface area contributed by atoms with Crippen molar-refractivity contribution in [3.63, 3.8) is 0 Å². The monoisotopic (exact) mass is 290 g/mol. The summed E-state index contributed by atoms with van der Waals surface area (Å²) in [4.78, 5) is 3.92. The van der Waals surface area contributed by atoms with Gasteiger partial charge in [-0.2, -0.15) is 0 Å². The van der Waals surface area contributed by atoms with Crippen molar-refractivity contribution < 1.29 is 4.42 Å². The van der Waals surface area contributed by atoms with Crippen LogP contribution in [-0.2, 0) is 12.3 Å². The van der Waals surface area contributed by atoms with Crippen LogP contribution in [-0.4, -0.2) is 8.58 Å². The summed E-state index contributed by atoms with van der Waals surface area (Å²) >= 11 is 8.66. The normalized spacial score (nSPS) is 9.53. The summed E-state index contributed by atoms with van der Waals surface area (Å²) < 4.78 is 6.69. The van der Waals surface area contributed by atoms with Gasteiger partial charge in [-0.3, -0.25) is 3.59 Å². The topological polar surface area (TPSA) is 31.0 Å². The zero-order valence-corrected chi connectivity index (χ0v) is 10.7. The predicted molar refractivity (Wildman–Crippen MR) is 64.2 cm³/mol. The Bertz CT molecular complexity index is 372. The van der Waals surface area contributed by atoms with Crippen molar-refractivity contribution in [1.29, 1.82) is 0 Å². The summed E-state index contributed by atoms with van der Waals surface area (Å²) in [5.41, 5.74) is 0. The molecule has 82 valence electrons. The van der Waals surface area contributed by atoms with Gasteiger partial charge in [-0.05, 0) is 12.1 Å². The Morgan fingerprint density at radius 1 is 1.60 bits per heavy atom. The van der Waals surface area contributed by atoms with Crippen molar-refractivity contribution in [3.05, 3.63) is 42.4 Å². The SMILES string of the molecule is CCc1ccco1.ClCc1nccn1Br. The quantitative estimate of drug-likeness (QED) is 0.791. The first-order valence-corrected chi connectivity index (χ1v) is 5.79. The summed E-state index contributed by atoms with van der Waals surface area (Å²) in [6.07, 6.45) is 6.16. The molecule has 2 aromatic heterocycles. The van der Waals surface area contributed by atoms with E-state index in [9.17, 15) is 0 Å². The summed E-state index contributed by atoms with van der Waals surface area (Å²) in [5, 5.41) is 0. The van der Waals surface area contributed by atoms with Crippen LogP contribution in [0.2, 0.25) is 0 Å². The van der Waals surface area contributed by atoms with Gasteiger partial charge >= 0.3 is 0 Å². The number of imidazole rings is 1. The second-order valence-corrected chi connectivity index (χ2v) is 3.75.